The van der Waals surface area contributed by atoms with Crippen molar-refractivity contribution in [1.82, 2.24) is 9.59 Å². The van der Waals surface area contributed by atoms with Crippen molar-refractivity contribution in [2.24, 2.45) is 11.7 Å². The van der Waals surface area contributed by atoms with Gasteiger partial charge < -0.3 is 5.73 Å². The van der Waals surface area contributed by atoms with E-state index in [-0.39, 0.29) is 6.04 Å². The van der Waals surface area contributed by atoms with E-state index in [1.54, 1.807) is 0 Å². The standard InChI is InChI=1S/C9H17N3S/c1-4-5-7-9(13-12-11-7)8(10)6(2)3/h6,8H,4-5,10H2,1-3H3. The van der Waals surface area contributed by atoms with Crippen LogP contribution in [0.25, 0.3) is 0 Å². The van der Waals surface area contributed by atoms with Gasteiger partial charge in [0.2, 0.25) is 0 Å². The molecule has 0 aliphatic heterocycles. The molecule has 3 nitrogen and oxygen atoms in total. The molecule has 4 heteroatoms. The monoisotopic (exact) mass is 199 g/mol. The Kier molecular flexibility index (Phi) is 3.81. The first-order chi connectivity index (χ1) is 6.16. The van der Waals surface area contributed by atoms with Crippen molar-refractivity contribution in [3.05, 3.63) is 10.6 Å². The number of hydrogen-bond acceptors (Lipinski definition) is 4. The molecule has 0 saturated carbocycles. The van der Waals surface area contributed by atoms with Crippen LogP contribution in [-0.2, 0) is 6.42 Å². The fourth-order valence-corrected chi connectivity index (χ4v) is 2.05. The van der Waals surface area contributed by atoms with Gasteiger partial charge >= 0.3 is 0 Å². The first kappa shape index (κ1) is 10.6. The summed E-state index contributed by atoms with van der Waals surface area (Å²) in [5.41, 5.74) is 7.14. The van der Waals surface area contributed by atoms with Crippen molar-refractivity contribution < 1.29 is 0 Å². The fourth-order valence-electron chi connectivity index (χ4n) is 1.18. The second-order valence-corrected chi connectivity index (χ2v) is 4.39. The molecule has 1 rings (SSSR count). The van der Waals surface area contributed by atoms with Gasteiger partial charge in [-0.3, -0.25) is 0 Å². The highest BCUT2D eigenvalue weighted by Crippen LogP contribution is 2.25. The van der Waals surface area contributed by atoms with Gasteiger partial charge in [0.1, 0.15) is 0 Å². The highest BCUT2D eigenvalue weighted by molar-refractivity contribution is 7.05. The summed E-state index contributed by atoms with van der Waals surface area (Å²) >= 11 is 1.44. The van der Waals surface area contributed by atoms with Crippen molar-refractivity contribution in [2.45, 2.75) is 39.7 Å². The van der Waals surface area contributed by atoms with Gasteiger partial charge in [-0.15, -0.1) is 5.10 Å². The van der Waals surface area contributed by atoms with Crippen LogP contribution < -0.4 is 5.73 Å². The molecule has 1 aromatic heterocycles. The van der Waals surface area contributed by atoms with Crippen LogP contribution in [0.5, 0.6) is 0 Å². The van der Waals surface area contributed by atoms with E-state index in [9.17, 15) is 0 Å². The van der Waals surface area contributed by atoms with Crippen LogP contribution in [0.4, 0.5) is 0 Å². The summed E-state index contributed by atoms with van der Waals surface area (Å²) in [6.45, 7) is 6.39. The molecule has 1 atom stereocenters. The van der Waals surface area contributed by atoms with Gasteiger partial charge in [0, 0.05) is 6.04 Å². The molecular weight excluding hydrogens is 182 g/mol. The second-order valence-electron chi connectivity index (χ2n) is 3.60. The maximum atomic E-state index is 6.04. The van der Waals surface area contributed by atoms with E-state index in [1.807, 2.05) is 0 Å². The molecular formula is C9H17N3S. The van der Waals surface area contributed by atoms with Crippen molar-refractivity contribution in [1.29, 1.82) is 0 Å². The Morgan fingerprint density at radius 3 is 2.69 bits per heavy atom. The Morgan fingerprint density at radius 1 is 1.46 bits per heavy atom. The normalized spacial score (nSPS) is 13.6. The van der Waals surface area contributed by atoms with Crippen LogP contribution in [0.2, 0.25) is 0 Å². The van der Waals surface area contributed by atoms with Crippen LogP contribution in [0.3, 0.4) is 0 Å². The van der Waals surface area contributed by atoms with E-state index in [2.05, 4.69) is 30.4 Å². The minimum atomic E-state index is 0.0987. The molecule has 0 bridgehead atoms. The Hall–Kier alpha value is -0.480. The van der Waals surface area contributed by atoms with E-state index in [4.69, 9.17) is 5.73 Å². The summed E-state index contributed by atoms with van der Waals surface area (Å²) < 4.78 is 3.96. The van der Waals surface area contributed by atoms with Crippen molar-refractivity contribution in [3.63, 3.8) is 0 Å². The topological polar surface area (TPSA) is 51.8 Å². The number of aromatic nitrogens is 2. The molecule has 0 fully saturated rings. The molecule has 0 radical (unpaired) electrons. The number of hydrogen-bond donors (Lipinski definition) is 1. The van der Waals surface area contributed by atoms with Crippen molar-refractivity contribution in [2.75, 3.05) is 0 Å². The Bertz CT molecular complexity index is 257. The van der Waals surface area contributed by atoms with Crippen LogP contribution in [0.1, 0.15) is 43.8 Å². The number of nitrogens with two attached hydrogens (primary N) is 1. The predicted molar refractivity (Wildman–Crippen MR) is 55.7 cm³/mol. The average Bonchev–Trinajstić information content (AvgIpc) is 2.52. The zero-order chi connectivity index (χ0) is 9.84. The minimum absolute atomic E-state index is 0.0987. The number of rotatable bonds is 4. The van der Waals surface area contributed by atoms with Crippen molar-refractivity contribution >= 4 is 11.5 Å². The van der Waals surface area contributed by atoms with E-state index < -0.39 is 0 Å². The first-order valence-corrected chi connectivity index (χ1v) is 5.50. The fraction of sp³-hybridized carbons (Fsp3) is 0.778. The summed E-state index contributed by atoms with van der Waals surface area (Å²) in [7, 11) is 0. The van der Waals surface area contributed by atoms with Crippen LogP contribution in [0.15, 0.2) is 0 Å². The summed E-state index contributed by atoms with van der Waals surface area (Å²) in [4.78, 5) is 1.16. The quantitative estimate of drug-likeness (QED) is 0.808. The van der Waals surface area contributed by atoms with Gasteiger partial charge in [-0.05, 0) is 23.9 Å². The lowest BCUT2D eigenvalue weighted by atomic mass is 10.0. The molecule has 74 valence electrons. The molecule has 0 amide bonds. The lowest BCUT2D eigenvalue weighted by molar-refractivity contribution is 0.516. The zero-order valence-electron chi connectivity index (χ0n) is 8.45. The highest BCUT2D eigenvalue weighted by atomic mass is 32.1. The van der Waals surface area contributed by atoms with Gasteiger partial charge in [0.25, 0.3) is 0 Å². The van der Waals surface area contributed by atoms with Crippen LogP contribution in [-0.4, -0.2) is 9.59 Å². The highest BCUT2D eigenvalue weighted by Gasteiger charge is 2.17. The summed E-state index contributed by atoms with van der Waals surface area (Å²) in [5, 5.41) is 4.10. The molecule has 0 aliphatic rings. The number of nitrogens with zero attached hydrogens (tertiary/aromatic N) is 2. The maximum absolute atomic E-state index is 6.04. The smallest absolute Gasteiger partial charge is 0.0803 e. The molecule has 1 heterocycles. The molecule has 1 unspecified atom stereocenters. The van der Waals surface area contributed by atoms with E-state index in [0.717, 1.165) is 23.4 Å². The first-order valence-electron chi connectivity index (χ1n) is 4.73. The zero-order valence-corrected chi connectivity index (χ0v) is 9.27. The molecule has 1 aromatic rings. The Labute approximate surface area is 83.5 Å². The van der Waals surface area contributed by atoms with E-state index in [0.29, 0.717) is 5.92 Å². The van der Waals surface area contributed by atoms with E-state index >= 15 is 0 Å². The Balaban J connectivity index is 2.80. The van der Waals surface area contributed by atoms with Gasteiger partial charge in [-0.1, -0.05) is 31.7 Å². The minimum Gasteiger partial charge on any atom is -0.323 e. The van der Waals surface area contributed by atoms with Crippen LogP contribution in [0, 0.1) is 5.92 Å². The van der Waals surface area contributed by atoms with Gasteiger partial charge in [0.05, 0.1) is 10.6 Å². The SMILES string of the molecule is CCCc1nnsc1C(N)C(C)C. The van der Waals surface area contributed by atoms with Gasteiger partial charge in [-0.25, -0.2) is 0 Å². The Morgan fingerprint density at radius 2 is 2.15 bits per heavy atom. The van der Waals surface area contributed by atoms with Crippen molar-refractivity contribution in [3.8, 4) is 0 Å². The second kappa shape index (κ2) is 4.67. The third-order valence-electron chi connectivity index (χ3n) is 2.09. The maximum Gasteiger partial charge on any atom is 0.0803 e. The lowest BCUT2D eigenvalue weighted by Crippen LogP contribution is -2.16. The summed E-state index contributed by atoms with van der Waals surface area (Å²) in [6, 6.07) is 0.0987. The van der Waals surface area contributed by atoms with Gasteiger partial charge in [-0.2, -0.15) is 0 Å². The molecule has 13 heavy (non-hydrogen) atoms. The summed E-state index contributed by atoms with van der Waals surface area (Å²) in [6.07, 6.45) is 2.09. The molecule has 0 saturated heterocycles. The molecule has 2 N–H and O–H groups in total. The lowest BCUT2D eigenvalue weighted by Gasteiger charge is -2.13. The average molecular weight is 199 g/mol. The molecule has 0 spiro atoms. The summed E-state index contributed by atoms with van der Waals surface area (Å²) in [5.74, 6) is 0.456. The third kappa shape index (κ3) is 2.48. The number of aryl methyl sites for hydroxylation is 1. The largest absolute Gasteiger partial charge is 0.323 e. The van der Waals surface area contributed by atoms with Gasteiger partial charge in [0.15, 0.2) is 0 Å². The van der Waals surface area contributed by atoms with E-state index in [1.165, 1.54) is 11.5 Å². The van der Waals surface area contributed by atoms with Crippen LogP contribution >= 0.6 is 11.5 Å². The molecule has 0 aliphatic carbocycles. The third-order valence-corrected chi connectivity index (χ3v) is 2.96. The molecule has 0 aromatic carbocycles. The predicted octanol–water partition coefficient (Wildman–Crippen LogP) is 2.15.